The van der Waals surface area contributed by atoms with Gasteiger partial charge in [-0.25, -0.2) is 4.39 Å². The van der Waals surface area contributed by atoms with E-state index in [-0.39, 0.29) is 18.1 Å². The second-order valence-corrected chi connectivity index (χ2v) is 7.31. The minimum Gasteiger partial charge on any atom is -0.340 e. The van der Waals surface area contributed by atoms with Crippen LogP contribution in [0.5, 0.6) is 0 Å². The molecule has 0 saturated carbocycles. The van der Waals surface area contributed by atoms with Gasteiger partial charge in [0.2, 0.25) is 5.91 Å². The first-order valence-electron chi connectivity index (χ1n) is 9.77. The molecule has 1 saturated heterocycles. The van der Waals surface area contributed by atoms with Gasteiger partial charge in [0.15, 0.2) is 0 Å². The number of hydrogen-bond acceptors (Lipinski definition) is 4. The molecule has 6 nitrogen and oxygen atoms in total. The van der Waals surface area contributed by atoms with E-state index < -0.39 is 0 Å². The molecule has 1 aliphatic heterocycles. The zero-order chi connectivity index (χ0) is 20.2. The zero-order valence-electron chi connectivity index (χ0n) is 16.5. The molecule has 0 aliphatic carbocycles. The zero-order valence-corrected chi connectivity index (χ0v) is 16.5. The van der Waals surface area contributed by atoms with Gasteiger partial charge in [-0.3, -0.25) is 19.4 Å². The fourth-order valence-electron chi connectivity index (χ4n) is 3.61. The SMILES string of the molecule is Cn1nc(-c2cccnc2)cc1CN1CCN(C(=O)Cc2ccccc2F)CC1. The Labute approximate surface area is 169 Å². The lowest BCUT2D eigenvalue weighted by Crippen LogP contribution is -2.48. The number of carbonyl (C=O) groups is 1. The van der Waals surface area contributed by atoms with Crippen LogP contribution in [-0.2, 0) is 24.8 Å². The number of pyridine rings is 1. The van der Waals surface area contributed by atoms with Crippen LogP contribution in [0.15, 0.2) is 54.9 Å². The number of rotatable bonds is 5. The normalized spacial score (nSPS) is 14.9. The van der Waals surface area contributed by atoms with Crippen LogP contribution >= 0.6 is 0 Å². The van der Waals surface area contributed by atoms with Crippen molar-refractivity contribution in [3.63, 3.8) is 0 Å². The Morgan fingerprint density at radius 3 is 2.62 bits per heavy atom. The first-order chi connectivity index (χ1) is 14.1. The Hall–Kier alpha value is -3.06. The number of piperazine rings is 1. The molecule has 1 fully saturated rings. The summed E-state index contributed by atoms with van der Waals surface area (Å²) in [7, 11) is 1.95. The van der Waals surface area contributed by atoms with E-state index in [0.29, 0.717) is 18.7 Å². The first kappa shape index (κ1) is 19.3. The summed E-state index contributed by atoms with van der Waals surface area (Å²) in [5.41, 5.74) is 3.49. The molecule has 0 N–H and O–H groups in total. The second-order valence-electron chi connectivity index (χ2n) is 7.31. The summed E-state index contributed by atoms with van der Waals surface area (Å²) in [5, 5.41) is 4.59. The van der Waals surface area contributed by atoms with Crippen molar-refractivity contribution in [3.8, 4) is 11.3 Å². The molecule has 0 spiro atoms. The molecule has 1 aromatic carbocycles. The monoisotopic (exact) mass is 393 g/mol. The molecule has 3 aromatic rings. The van der Waals surface area contributed by atoms with Crippen LogP contribution in [0.25, 0.3) is 11.3 Å². The average molecular weight is 393 g/mol. The highest BCUT2D eigenvalue weighted by Crippen LogP contribution is 2.19. The van der Waals surface area contributed by atoms with E-state index in [0.717, 1.165) is 36.6 Å². The lowest BCUT2D eigenvalue weighted by Gasteiger charge is -2.34. The summed E-state index contributed by atoms with van der Waals surface area (Å²) >= 11 is 0. The van der Waals surface area contributed by atoms with Crippen molar-refractivity contribution in [1.29, 1.82) is 0 Å². The maximum atomic E-state index is 13.8. The summed E-state index contributed by atoms with van der Waals surface area (Å²) in [6, 6.07) is 12.5. The fourth-order valence-corrected chi connectivity index (χ4v) is 3.61. The van der Waals surface area contributed by atoms with Gasteiger partial charge in [0.25, 0.3) is 0 Å². The van der Waals surface area contributed by atoms with Crippen molar-refractivity contribution in [2.24, 2.45) is 7.05 Å². The van der Waals surface area contributed by atoms with Crippen molar-refractivity contribution in [3.05, 3.63) is 71.9 Å². The first-order valence-corrected chi connectivity index (χ1v) is 9.77. The molecular weight excluding hydrogens is 369 g/mol. The van der Waals surface area contributed by atoms with Gasteiger partial charge >= 0.3 is 0 Å². The Balaban J connectivity index is 1.33. The van der Waals surface area contributed by atoms with Crippen molar-refractivity contribution < 1.29 is 9.18 Å². The average Bonchev–Trinajstić information content (AvgIpc) is 3.11. The standard InChI is InChI=1S/C22H24FN5O/c1-26-19(14-21(25-26)18-6-4-8-24-15-18)16-27-9-11-28(12-10-27)22(29)13-17-5-2-3-7-20(17)23/h2-8,14-15H,9-13,16H2,1H3. The molecule has 1 amide bonds. The summed E-state index contributed by atoms with van der Waals surface area (Å²) in [6.45, 7) is 3.66. The Morgan fingerprint density at radius 2 is 1.90 bits per heavy atom. The van der Waals surface area contributed by atoms with Gasteiger partial charge in [0.1, 0.15) is 5.82 Å². The highest BCUT2D eigenvalue weighted by molar-refractivity contribution is 5.79. The van der Waals surface area contributed by atoms with Crippen molar-refractivity contribution >= 4 is 5.91 Å². The molecule has 29 heavy (non-hydrogen) atoms. The van der Waals surface area contributed by atoms with Crippen LogP contribution in [0, 0.1) is 5.82 Å². The number of nitrogens with zero attached hydrogens (tertiary/aromatic N) is 5. The molecule has 3 heterocycles. The van der Waals surface area contributed by atoms with Crippen LogP contribution in [0.1, 0.15) is 11.3 Å². The highest BCUT2D eigenvalue weighted by atomic mass is 19.1. The van der Waals surface area contributed by atoms with E-state index >= 15 is 0 Å². The Bertz CT molecular complexity index is 980. The van der Waals surface area contributed by atoms with Crippen LogP contribution in [0.2, 0.25) is 0 Å². The lowest BCUT2D eigenvalue weighted by atomic mass is 10.1. The Morgan fingerprint density at radius 1 is 1.10 bits per heavy atom. The largest absolute Gasteiger partial charge is 0.340 e. The van der Waals surface area contributed by atoms with Gasteiger partial charge in [-0.2, -0.15) is 5.10 Å². The second kappa shape index (κ2) is 8.53. The lowest BCUT2D eigenvalue weighted by molar-refractivity contribution is -0.132. The molecule has 150 valence electrons. The number of amides is 1. The smallest absolute Gasteiger partial charge is 0.227 e. The van der Waals surface area contributed by atoms with Crippen LogP contribution in [0.4, 0.5) is 4.39 Å². The summed E-state index contributed by atoms with van der Waals surface area (Å²) in [6.07, 6.45) is 3.68. The van der Waals surface area contributed by atoms with E-state index in [9.17, 15) is 9.18 Å². The van der Waals surface area contributed by atoms with Crippen molar-refractivity contribution in [2.75, 3.05) is 26.2 Å². The molecule has 0 atom stereocenters. The third kappa shape index (κ3) is 4.51. The van der Waals surface area contributed by atoms with Gasteiger partial charge in [0.05, 0.1) is 17.8 Å². The molecule has 0 radical (unpaired) electrons. The van der Waals surface area contributed by atoms with Gasteiger partial charge < -0.3 is 4.90 Å². The number of hydrogen-bond donors (Lipinski definition) is 0. The molecule has 1 aliphatic rings. The number of benzene rings is 1. The minimum absolute atomic E-state index is 0.0193. The quantitative estimate of drug-likeness (QED) is 0.668. The molecule has 2 aromatic heterocycles. The van der Waals surface area contributed by atoms with Crippen molar-refractivity contribution in [1.82, 2.24) is 24.6 Å². The van der Waals surface area contributed by atoms with E-state index in [2.05, 4.69) is 21.0 Å². The van der Waals surface area contributed by atoms with Gasteiger partial charge in [0, 0.05) is 57.7 Å². The van der Waals surface area contributed by atoms with Crippen LogP contribution in [0.3, 0.4) is 0 Å². The molecule has 4 rings (SSSR count). The van der Waals surface area contributed by atoms with E-state index in [1.165, 1.54) is 6.07 Å². The van der Waals surface area contributed by atoms with Gasteiger partial charge in [-0.15, -0.1) is 0 Å². The van der Waals surface area contributed by atoms with Gasteiger partial charge in [-0.1, -0.05) is 18.2 Å². The number of aromatic nitrogens is 3. The third-order valence-corrected chi connectivity index (χ3v) is 5.34. The summed E-state index contributed by atoms with van der Waals surface area (Å²) < 4.78 is 15.7. The van der Waals surface area contributed by atoms with Crippen LogP contribution < -0.4 is 0 Å². The molecule has 0 unspecified atom stereocenters. The van der Waals surface area contributed by atoms with E-state index in [4.69, 9.17) is 0 Å². The molecule has 7 heteroatoms. The van der Waals surface area contributed by atoms with Crippen molar-refractivity contribution in [2.45, 2.75) is 13.0 Å². The topological polar surface area (TPSA) is 54.3 Å². The number of carbonyl (C=O) groups excluding carboxylic acids is 1. The van der Waals surface area contributed by atoms with E-state index in [1.807, 2.05) is 35.0 Å². The van der Waals surface area contributed by atoms with E-state index in [1.54, 1.807) is 24.4 Å². The number of halogens is 1. The summed E-state index contributed by atoms with van der Waals surface area (Å²) in [4.78, 5) is 20.8. The maximum Gasteiger partial charge on any atom is 0.227 e. The minimum atomic E-state index is -0.319. The van der Waals surface area contributed by atoms with Crippen LogP contribution in [-0.4, -0.2) is 56.7 Å². The predicted molar refractivity (Wildman–Crippen MR) is 108 cm³/mol. The molecular formula is C22H24FN5O. The number of aryl methyl sites for hydroxylation is 1. The summed E-state index contributed by atoms with van der Waals surface area (Å²) in [5.74, 6) is -0.339. The third-order valence-electron chi connectivity index (χ3n) is 5.34. The fraction of sp³-hybridized carbons (Fsp3) is 0.318. The van der Waals surface area contributed by atoms with Gasteiger partial charge in [-0.05, 0) is 29.8 Å². The maximum absolute atomic E-state index is 13.8. The highest BCUT2D eigenvalue weighted by Gasteiger charge is 2.22. The molecule has 0 bridgehead atoms. The predicted octanol–water partition coefficient (Wildman–Crippen LogP) is 2.51. The Kier molecular flexibility index (Phi) is 5.67.